The second-order valence-electron chi connectivity index (χ2n) is 6.82. The largest absolute Gasteiger partial charge is 0.334 e. The van der Waals surface area contributed by atoms with Crippen LogP contribution in [0.25, 0.3) is 0 Å². The van der Waals surface area contributed by atoms with Gasteiger partial charge in [-0.05, 0) is 30.9 Å². The van der Waals surface area contributed by atoms with E-state index in [0.29, 0.717) is 11.3 Å². The van der Waals surface area contributed by atoms with Crippen molar-refractivity contribution < 1.29 is 19.2 Å². The van der Waals surface area contributed by atoms with Gasteiger partial charge in [0, 0.05) is 6.04 Å². The third kappa shape index (κ3) is 3.80. The number of carbonyl (C=O) groups is 4. The predicted molar refractivity (Wildman–Crippen MR) is 100 cm³/mol. The molecule has 1 N–H and O–H groups in total. The van der Waals surface area contributed by atoms with E-state index in [0.717, 1.165) is 24.2 Å². The molecule has 0 bridgehead atoms. The molecule has 144 valence electrons. The van der Waals surface area contributed by atoms with E-state index in [4.69, 9.17) is 23.2 Å². The Balaban J connectivity index is 1.73. The average Bonchev–Trinajstić information content (AvgIpc) is 2.83. The summed E-state index contributed by atoms with van der Waals surface area (Å²) in [4.78, 5) is 51.3. The van der Waals surface area contributed by atoms with Crippen LogP contribution in [-0.4, -0.2) is 46.1 Å². The lowest BCUT2D eigenvalue weighted by Crippen LogP contribution is -2.46. The van der Waals surface area contributed by atoms with Gasteiger partial charge < -0.3 is 5.32 Å². The molecule has 0 spiro atoms. The molecule has 0 aromatic heterocycles. The molecule has 1 aromatic carbocycles. The third-order valence-electron chi connectivity index (χ3n) is 5.01. The number of amides is 5. The van der Waals surface area contributed by atoms with E-state index in [9.17, 15) is 19.2 Å². The maximum absolute atomic E-state index is 12.7. The summed E-state index contributed by atoms with van der Waals surface area (Å²) in [7, 11) is 0. The zero-order valence-corrected chi connectivity index (χ0v) is 16.2. The van der Waals surface area contributed by atoms with Gasteiger partial charge >= 0.3 is 17.8 Å². The van der Waals surface area contributed by atoms with Crippen LogP contribution < -0.4 is 5.32 Å². The molecule has 1 aromatic rings. The molecular weight excluding hydrogens is 393 g/mol. The van der Waals surface area contributed by atoms with Gasteiger partial charge in [-0.15, -0.1) is 0 Å². The van der Waals surface area contributed by atoms with Gasteiger partial charge in [0.05, 0.1) is 15.7 Å². The third-order valence-corrected chi connectivity index (χ3v) is 5.64. The molecule has 1 heterocycles. The Morgan fingerprint density at radius 2 is 1.74 bits per heavy atom. The minimum atomic E-state index is -0.988. The molecule has 1 saturated heterocycles. The Labute approximate surface area is 166 Å². The number of carbonyl (C=O) groups excluding carboxylic acids is 4. The van der Waals surface area contributed by atoms with Crippen LogP contribution in [0.15, 0.2) is 18.2 Å². The summed E-state index contributed by atoms with van der Waals surface area (Å²) >= 11 is 12.0. The molecule has 27 heavy (non-hydrogen) atoms. The maximum Gasteiger partial charge on any atom is 0.334 e. The molecule has 2 atom stereocenters. The van der Waals surface area contributed by atoms with Gasteiger partial charge in [0.2, 0.25) is 5.91 Å². The lowest BCUT2D eigenvalue weighted by Gasteiger charge is -2.34. The number of imide groups is 2. The summed E-state index contributed by atoms with van der Waals surface area (Å²) in [6, 6.07) is 3.66. The fraction of sp³-hybridized carbons (Fsp3) is 0.444. The molecule has 3 rings (SSSR count). The number of hydrogen-bond donors (Lipinski definition) is 1. The van der Waals surface area contributed by atoms with Crippen molar-refractivity contribution in [1.29, 1.82) is 0 Å². The van der Waals surface area contributed by atoms with E-state index in [1.807, 2.05) is 6.92 Å². The molecular formula is C18H19Cl2N3O4. The topological polar surface area (TPSA) is 86.8 Å². The molecule has 2 aliphatic rings. The number of hydrogen-bond acceptors (Lipinski definition) is 4. The van der Waals surface area contributed by atoms with Gasteiger partial charge in [-0.2, -0.15) is 0 Å². The Morgan fingerprint density at radius 1 is 1.11 bits per heavy atom. The highest BCUT2D eigenvalue weighted by Gasteiger charge is 2.49. The summed E-state index contributed by atoms with van der Waals surface area (Å²) in [5.74, 6) is -2.41. The van der Waals surface area contributed by atoms with Crippen LogP contribution in [0.2, 0.25) is 10.0 Å². The fourth-order valence-corrected chi connectivity index (χ4v) is 4.07. The van der Waals surface area contributed by atoms with Gasteiger partial charge in [-0.25, -0.2) is 9.69 Å². The maximum atomic E-state index is 12.7. The first-order chi connectivity index (χ1) is 12.8. The van der Waals surface area contributed by atoms with Crippen molar-refractivity contribution in [2.45, 2.75) is 38.6 Å². The standard InChI is InChI=1S/C18H19Cl2N3O4/c1-10-5-2-3-8-13(10)23-17(26)16(25)22(18(23)27)9-14(24)21-15-11(19)6-4-7-12(15)20/h4,6-7,10,13H,2-3,5,8-9H2,1H3,(H,21,24)/t10-,13-/m1/s1. The molecule has 9 heteroatoms. The minimum absolute atomic E-state index is 0.121. The molecule has 1 aliphatic heterocycles. The van der Waals surface area contributed by atoms with Gasteiger partial charge in [0.25, 0.3) is 0 Å². The average molecular weight is 412 g/mol. The monoisotopic (exact) mass is 411 g/mol. The highest BCUT2D eigenvalue weighted by Crippen LogP contribution is 2.32. The van der Waals surface area contributed by atoms with Gasteiger partial charge in [0.15, 0.2) is 0 Å². The number of nitrogens with zero attached hydrogens (tertiary/aromatic N) is 2. The lowest BCUT2D eigenvalue weighted by molar-refractivity contribution is -0.145. The van der Waals surface area contributed by atoms with Crippen molar-refractivity contribution in [3.05, 3.63) is 28.2 Å². The molecule has 0 radical (unpaired) electrons. The Morgan fingerprint density at radius 3 is 2.37 bits per heavy atom. The van der Waals surface area contributed by atoms with Crippen LogP contribution in [0, 0.1) is 5.92 Å². The van der Waals surface area contributed by atoms with Crippen LogP contribution in [0.4, 0.5) is 10.5 Å². The van der Waals surface area contributed by atoms with Crippen LogP contribution in [0.3, 0.4) is 0 Å². The van der Waals surface area contributed by atoms with Crippen molar-refractivity contribution in [2.24, 2.45) is 5.92 Å². The first-order valence-corrected chi connectivity index (χ1v) is 9.49. The van der Waals surface area contributed by atoms with Crippen LogP contribution in [0.5, 0.6) is 0 Å². The van der Waals surface area contributed by atoms with E-state index < -0.39 is 30.3 Å². The number of halogens is 2. The van der Waals surface area contributed by atoms with E-state index >= 15 is 0 Å². The van der Waals surface area contributed by atoms with Gasteiger partial charge in [-0.1, -0.05) is 49.0 Å². The quantitative estimate of drug-likeness (QED) is 0.607. The van der Waals surface area contributed by atoms with E-state index in [1.165, 1.54) is 0 Å². The molecule has 1 aliphatic carbocycles. The summed E-state index contributed by atoms with van der Waals surface area (Å²) in [6.45, 7) is 1.38. The van der Waals surface area contributed by atoms with Crippen LogP contribution >= 0.6 is 23.2 Å². The molecule has 7 nitrogen and oxygen atoms in total. The summed E-state index contributed by atoms with van der Waals surface area (Å²) in [5, 5.41) is 2.94. The summed E-state index contributed by atoms with van der Waals surface area (Å²) < 4.78 is 0. The number of rotatable bonds is 4. The van der Waals surface area contributed by atoms with Gasteiger partial charge in [-0.3, -0.25) is 19.3 Å². The number of para-hydroxylation sites is 1. The van der Waals surface area contributed by atoms with Crippen molar-refractivity contribution in [3.8, 4) is 0 Å². The molecule has 1 saturated carbocycles. The number of urea groups is 1. The van der Waals surface area contributed by atoms with Crippen LogP contribution in [0.1, 0.15) is 32.6 Å². The zero-order valence-electron chi connectivity index (χ0n) is 14.7. The highest BCUT2D eigenvalue weighted by atomic mass is 35.5. The summed E-state index contributed by atoms with van der Waals surface area (Å²) in [6.07, 6.45) is 3.49. The Hall–Kier alpha value is -2.12. The lowest BCUT2D eigenvalue weighted by atomic mass is 9.85. The zero-order chi connectivity index (χ0) is 19.7. The SMILES string of the molecule is C[C@@H]1CCCC[C@H]1N1C(=O)C(=O)N(CC(=O)Nc2c(Cl)cccc2Cl)C1=O. The Kier molecular flexibility index (Phi) is 5.72. The predicted octanol–water partition coefficient (Wildman–Crippen LogP) is 3.30. The molecule has 0 unspecified atom stereocenters. The van der Waals surface area contributed by atoms with Crippen molar-refractivity contribution in [1.82, 2.24) is 9.80 Å². The second-order valence-corrected chi connectivity index (χ2v) is 7.64. The number of anilines is 1. The first kappa shape index (κ1) is 19.6. The minimum Gasteiger partial charge on any atom is -0.322 e. The molecule has 5 amide bonds. The number of nitrogens with one attached hydrogen (secondary N) is 1. The van der Waals surface area contributed by atoms with E-state index in [-0.39, 0.29) is 27.7 Å². The van der Waals surface area contributed by atoms with Crippen molar-refractivity contribution in [3.63, 3.8) is 0 Å². The Bertz CT molecular complexity index is 794. The van der Waals surface area contributed by atoms with E-state index in [2.05, 4.69) is 5.32 Å². The first-order valence-electron chi connectivity index (χ1n) is 8.74. The van der Waals surface area contributed by atoms with Crippen molar-refractivity contribution >= 4 is 52.6 Å². The molecule has 2 fully saturated rings. The fourth-order valence-electron chi connectivity index (χ4n) is 3.57. The van der Waals surface area contributed by atoms with Crippen molar-refractivity contribution in [2.75, 3.05) is 11.9 Å². The number of benzene rings is 1. The smallest absolute Gasteiger partial charge is 0.322 e. The van der Waals surface area contributed by atoms with E-state index in [1.54, 1.807) is 18.2 Å². The summed E-state index contributed by atoms with van der Waals surface area (Å²) in [5.41, 5.74) is 0.189. The normalized spacial score (nSPS) is 23.1. The van der Waals surface area contributed by atoms with Gasteiger partial charge in [0.1, 0.15) is 6.54 Å². The second kappa shape index (κ2) is 7.86. The van der Waals surface area contributed by atoms with Crippen LogP contribution in [-0.2, 0) is 14.4 Å². The highest BCUT2D eigenvalue weighted by molar-refractivity contribution is 6.45.